The largest absolute Gasteiger partial charge is 0.378 e. The van der Waals surface area contributed by atoms with E-state index < -0.39 is 10.0 Å². The third kappa shape index (κ3) is 2.11. The normalized spacial score (nSPS) is 23.5. The Morgan fingerprint density at radius 3 is 2.94 bits per heavy atom. The standard InChI is InChI=1S/C9H15N3O3S/c1-7-5-10-11-9(7)8-6-15-4-3-12(8)16(2,13)14/h5,8H,3-4,6H2,1-2H3,(H,10,11). The lowest BCUT2D eigenvalue weighted by Gasteiger charge is -2.33. The van der Waals surface area contributed by atoms with E-state index in [2.05, 4.69) is 10.2 Å². The van der Waals surface area contributed by atoms with Crippen molar-refractivity contribution in [1.82, 2.24) is 14.5 Å². The number of H-pyrrole nitrogens is 1. The number of aryl methyl sites for hydroxylation is 1. The molecular weight excluding hydrogens is 230 g/mol. The SMILES string of the molecule is Cc1cn[nH]c1C1COCCN1S(C)(=O)=O. The highest BCUT2D eigenvalue weighted by Gasteiger charge is 2.32. The minimum Gasteiger partial charge on any atom is -0.378 e. The zero-order chi connectivity index (χ0) is 11.8. The molecule has 0 aliphatic carbocycles. The van der Waals surface area contributed by atoms with E-state index in [9.17, 15) is 8.42 Å². The summed E-state index contributed by atoms with van der Waals surface area (Å²) in [7, 11) is -3.21. The van der Waals surface area contributed by atoms with Crippen molar-refractivity contribution < 1.29 is 13.2 Å². The van der Waals surface area contributed by atoms with Gasteiger partial charge in [0.05, 0.1) is 37.4 Å². The van der Waals surface area contributed by atoms with Crippen molar-refractivity contribution in [2.24, 2.45) is 0 Å². The lowest BCUT2D eigenvalue weighted by Crippen LogP contribution is -2.43. The Morgan fingerprint density at radius 2 is 2.38 bits per heavy atom. The maximum atomic E-state index is 11.6. The lowest BCUT2D eigenvalue weighted by molar-refractivity contribution is 0.0307. The molecule has 1 saturated heterocycles. The van der Waals surface area contributed by atoms with Crippen LogP contribution in [-0.2, 0) is 14.8 Å². The van der Waals surface area contributed by atoms with E-state index in [1.54, 1.807) is 6.20 Å². The van der Waals surface area contributed by atoms with Crippen LogP contribution >= 0.6 is 0 Å². The second-order valence-electron chi connectivity index (χ2n) is 3.93. The smallest absolute Gasteiger partial charge is 0.211 e. The molecule has 1 aromatic rings. The van der Waals surface area contributed by atoms with Gasteiger partial charge in [0.15, 0.2) is 0 Å². The first kappa shape index (κ1) is 11.6. The molecular formula is C9H15N3O3S. The number of hydrogen-bond acceptors (Lipinski definition) is 4. The zero-order valence-electron chi connectivity index (χ0n) is 9.30. The van der Waals surface area contributed by atoms with Crippen molar-refractivity contribution in [1.29, 1.82) is 0 Å². The van der Waals surface area contributed by atoms with Gasteiger partial charge in [0.2, 0.25) is 10.0 Å². The molecule has 0 radical (unpaired) electrons. The van der Waals surface area contributed by atoms with Gasteiger partial charge in [-0.25, -0.2) is 8.42 Å². The van der Waals surface area contributed by atoms with Gasteiger partial charge in [0, 0.05) is 6.54 Å². The number of nitrogens with zero attached hydrogens (tertiary/aromatic N) is 2. The fourth-order valence-electron chi connectivity index (χ4n) is 1.91. The molecule has 7 heteroatoms. The van der Waals surface area contributed by atoms with E-state index in [0.717, 1.165) is 11.3 Å². The summed E-state index contributed by atoms with van der Waals surface area (Å²) in [6.07, 6.45) is 2.90. The number of sulfonamides is 1. The summed E-state index contributed by atoms with van der Waals surface area (Å²) in [6, 6.07) is -0.286. The number of nitrogens with one attached hydrogen (secondary N) is 1. The van der Waals surface area contributed by atoms with Gasteiger partial charge < -0.3 is 4.74 Å². The molecule has 1 unspecified atom stereocenters. The van der Waals surface area contributed by atoms with Crippen LogP contribution in [0.1, 0.15) is 17.3 Å². The summed E-state index contributed by atoms with van der Waals surface area (Å²) in [4.78, 5) is 0. The fraction of sp³-hybridized carbons (Fsp3) is 0.667. The van der Waals surface area contributed by atoms with E-state index >= 15 is 0 Å². The minimum absolute atomic E-state index is 0.286. The van der Waals surface area contributed by atoms with Gasteiger partial charge in [-0.1, -0.05) is 0 Å². The van der Waals surface area contributed by atoms with Crippen molar-refractivity contribution in [3.63, 3.8) is 0 Å². The highest BCUT2D eigenvalue weighted by Crippen LogP contribution is 2.26. The van der Waals surface area contributed by atoms with E-state index in [0.29, 0.717) is 19.8 Å². The van der Waals surface area contributed by atoms with Crippen molar-refractivity contribution in [3.8, 4) is 0 Å². The Hall–Kier alpha value is -0.920. The van der Waals surface area contributed by atoms with Crippen LogP contribution < -0.4 is 0 Å². The average Bonchev–Trinajstić information content (AvgIpc) is 2.63. The number of hydrogen-bond donors (Lipinski definition) is 1. The van der Waals surface area contributed by atoms with E-state index in [1.165, 1.54) is 10.6 Å². The first-order chi connectivity index (χ1) is 7.50. The molecule has 6 nitrogen and oxygen atoms in total. The summed E-state index contributed by atoms with van der Waals surface area (Å²) < 4.78 is 30.1. The molecule has 1 fully saturated rings. The van der Waals surface area contributed by atoms with Gasteiger partial charge in [-0.2, -0.15) is 9.40 Å². The molecule has 1 aliphatic rings. The molecule has 16 heavy (non-hydrogen) atoms. The molecule has 90 valence electrons. The average molecular weight is 245 g/mol. The highest BCUT2D eigenvalue weighted by molar-refractivity contribution is 7.88. The van der Waals surface area contributed by atoms with Crippen LogP contribution in [0.25, 0.3) is 0 Å². The zero-order valence-corrected chi connectivity index (χ0v) is 10.1. The Kier molecular flexibility index (Phi) is 3.00. The topological polar surface area (TPSA) is 75.3 Å². The number of aromatic nitrogens is 2. The van der Waals surface area contributed by atoms with Crippen LogP contribution in [0.5, 0.6) is 0 Å². The molecule has 1 aliphatic heterocycles. The van der Waals surface area contributed by atoms with Gasteiger partial charge in [-0.05, 0) is 12.5 Å². The summed E-state index contributed by atoms with van der Waals surface area (Å²) in [5.74, 6) is 0. The maximum Gasteiger partial charge on any atom is 0.211 e. The molecule has 0 bridgehead atoms. The predicted molar refractivity (Wildman–Crippen MR) is 58.4 cm³/mol. The molecule has 2 rings (SSSR count). The lowest BCUT2D eigenvalue weighted by atomic mass is 10.1. The van der Waals surface area contributed by atoms with Gasteiger partial charge in [-0.3, -0.25) is 5.10 Å². The Balaban J connectivity index is 2.34. The quantitative estimate of drug-likeness (QED) is 0.799. The summed E-state index contributed by atoms with van der Waals surface area (Å²) in [5, 5.41) is 6.75. The molecule has 1 atom stereocenters. The van der Waals surface area contributed by atoms with Crippen LogP contribution in [0.3, 0.4) is 0 Å². The van der Waals surface area contributed by atoms with Crippen molar-refractivity contribution in [2.45, 2.75) is 13.0 Å². The molecule has 0 spiro atoms. The fourth-order valence-corrected chi connectivity index (χ4v) is 2.94. The van der Waals surface area contributed by atoms with Crippen molar-refractivity contribution in [2.75, 3.05) is 26.0 Å². The first-order valence-corrected chi connectivity index (χ1v) is 6.89. The second-order valence-corrected chi connectivity index (χ2v) is 5.87. The monoisotopic (exact) mass is 245 g/mol. The molecule has 0 aromatic carbocycles. The minimum atomic E-state index is -3.21. The molecule has 0 amide bonds. The molecule has 1 aromatic heterocycles. The summed E-state index contributed by atoms with van der Waals surface area (Å²) >= 11 is 0. The molecule has 2 heterocycles. The van der Waals surface area contributed by atoms with Crippen LogP contribution in [0, 0.1) is 6.92 Å². The van der Waals surface area contributed by atoms with E-state index in [4.69, 9.17) is 4.74 Å². The summed E-state index contributed by atoms with van der Waals surface area (Å²) in [5.41, 5.74) is 1.76. The van der Waals surface area contributed by atoms with Gasteiger partial charge in [-0.15, -0.1) is 0 Å². The third-order valence-corrected chi connectivity index (χ3v) is 4.00. The van der Waals surface area contributed by atoms with Crippen LogP contribution in [0.15, 0.2) is 6.20 Å². The second kappa shape index (κ2) is 4.15. The van der Waals surface area contributed by atoms with Crippen molar-refractivity contribution in [3.05, 3.63) is 17.5 Å². The number of rotatable bonds is 2. The summed E-state index contributed by atoms with van der Waals surface area (Å²) in [6.45, 7) is 3.10. The van der Waals surface area contributed by atoms with Crippen LogP contribution in [-0.4, -0.2) is 48.9 Å². The first-order valence-electron chi connectivity index (χ1n) is 5.04. The number of ether oxygens (including phenoxy) is 1. The van der Waals surface area contributed by atoms with Crippen LogP contribution in [0.2, 0.25) is 0 Å². The van der Waals surface area contributed by atoms with E-state index in [1.807, 2.05) is 6.92 Å². The predicted octanol–water partition coefficient (Wildman–Crippen LogP) is 0.0510. The Bertz CT molecular complexity index is 468. The van der Waals surface area contributed by atoms with E-state index in [-0.39, 0.29) is 6.04 Å². The highest BCUT2D eigenvalue weighted by atomic mass is 32.2. The van der Waals surface area contributed by atoms with Crippen LogP contribution in [0.4, 0.5) is 0 Å². The third-order valence-electron chi connectivity index (χ3n) is 2.71. The van der Waals surface area contributed by atoms with Gasteiger partial charge in [0.25, 0.3) is 0 Å². The number of aromatic amines is 1. The van der Waals surface area contributed by atoms with Gasteiger partial charge in [0.1, 0.15) is 0 Å². The molecule has 0 saturated carbocycles. The van der Waals surface area contributed by atoms with Crippen molar-refractivity contribution >= 4 is 10.0 Å². The molecule has 1 N–H and O–H groups in total. The maximum absolute atomic E-state index is 11.6. The number of morpholine rings is 1. The Morgan fingerprint density at radius 1 is 1.62 bits per heavy atom. The van der Waals surface area contributed by atoms with Gasteiger partial charge >= 0.3 is 0 Å². The Labute approximate surface area is 94.6 Å².